The van der Waals surface area contributed by atoms with E-state index in [1.165, 1.54) is 28.4 Å². The fourth-order valence-corrected chi connectivity index (χ4v) is 4.48. The smallest absolute Gasteiger partial charge is 0.295 e. The van der Waals surface area contributed by atoms with E-state index in [9.17, 15) is 9.59 Å². The van der Waals surface area contributed by atoms with Crippen molar-refractivity contribution in [1.82, 2.24) is 24.3 Å². The number of carbonyl (C=O) groups is 1. The molecule has 9 heteroatoms. The molecule has 8 nitrogen and oxygen atoms in total. The molecule has 0 saturated carbocycles. The van der Waals surface area contributed by atoms with Gasteiger partial charge in [0.1, 0.15) is 16.4 Å². The number of carbonyl (C=O) groups excluding carboxylic acids is 1. The summed E-state index contributed by atoms with van der Waals surface area (Å²) in [6, 6.07) is 17.0. The van der Waals surface area contributed by atoms with E-state index < -0.39 is 5.91 Å². The van der Waals surface area contributed by atoms with Crippen molar-refractivity contribution in [3.8, 4) is 16.4 Å². The van der Waals surface area contributed by atoms with E-state index >= 15 is 0 Å². The zero-order valence-corrected chi connectivity index (χ0v) is 18.1. The number of aromatic nitrogens is 5. The molecule has 3 aromatic heterocycles. The van der Waals surface area contributed by atoms with Gasteiger partial charge in [-0.15, -0.1) is 11.3 Å². The van der Waals surface area contributed by atoms with Crippen LogP contribution in [-0.4, -0.2) is 30.2 Å². The quantitative estimate of drug-likeness (QED) is 0.457. The molecule has 0 atom stereocenters. The summed E-state index contributed by atoms with van der Waals surface area (Å²) < 4.78 is 4.21. The molecule has 1 N–H and O–H groups in total. The number of anilines is 1. The van der Waals surface area contributed by atoms with Crippen LogP contribution < -0.4 is 10.9 Å². The third-order valence-electron chi connectivity index (χ3n) is 5.20. The van der Waals surface area contributed by atoms with Crippen LogP contribution in [0.1, 0.15) is 16.2 Å². The van der Waals surface area contributed by atoms with E-state index in [2.05, 4.69) is 20.3 Å². The number of nitrogens with one attached hydrogen (secondary N) is 1. The lowest BCUT2D eigenvalue weighted by Crippen LogP contribution is -2.23. The first-order valence-electron chi connectivity index (χ1n) is 9.87. The molecular weight excluding hydrogens is 424 g/mol. The van der Waals surface area contributed by atoms with Crippen LogP contribution >= 0.6 is 11.3 Å². The lowest BCUT2D eigenvalue weighted by Gasteiger charge is -2.07. The highest BCUT2D eigenvalue weighted by Gasteiger charge is 2.23. The second-order valence-electron chi connectivity index (χ2n) is 7.13. The first-order valence-corrected chi connectivity index (χ1v) is 10.7. The third kappa shape index (κ3) is 3.28. The number of amides is 1. The summed E-state index contributed by atoms with van der Waals surface area (Å²) in [7, 11) is 1.77. The molecule has 0 spiro atoms. The molecule has 5 aromatic rings. The standard InChI is InChI=1S/C23H18N6O2S/c1-14-18(23(31)29(28(14)2)15-8-4-3-5-9-15)27-21(30)19-20(25-13-12-24-19)22-26-16-10-6-7-11-17(16)32-22/h3-13H,1-2H3,(H,27,30). The van der Waals surface area contributed by atoms with E-state index in [0.717, 1.165) is 10.2 Å². The molecule has 0 fully saturated rings. The fraction of sp³-hybridized carbons (Fsp3) is 0.0870. The maximum absolute atomic E-state index is 13.2. The number of para-hydroxylation sites is 2. The number of nitrogens with zero attached hydrogens (tertiary/aromatic N) is 5. The normalized spacial score (nSPS) is 11.1. The number of thiazole rings is 1. The predicted octanol–water partition coefficient (Wildman–Crippen LogP) is 3.80. The SMILES string of the molecule is Cc1c(NC(=O)c2nccnc2-c2nc3ccccc3s2)c(=O)n(-c2ccccc2)n1C. The molecule has 158 valence electrons. The molecular formula is C23H18N6O2S. The van der Waals surface area contributed by atoms with Crippen LogP contribution in [0.3, 0.4) is 0 Å². The van der Waals surface area contributed by atoms with Gasteiger partial charge in [0, 0.05) is 19.4 Å². The third-order valence-corrected chi connectivity index (χ3v) is 6.25. The van der Waals surface area contributed by atoms with Crippen LogP contribution in [0.4, 0.5) is 5.69 Å². The molecule has 0 unspecified atom stereocenters. The molecule has 0 radical (unpaired) electrons. The topological polar surface area (TPSA) is 94.7 Å². The molecule has 0 aliphatic heterocycles. The Morgan fingerprint density at radius 1 is 1.00 bits per heavy atom. The highest BCUT2D eigenvalue weighted by molar-refractivity contribution is 7.21. The van der Waals surface area contributed by atoms with E-state index in [1.54, 1.807) is 18.7 Å². The number of hydrogen-bond donors (Lipinski definition) is 1. The Hall–Kier alpha value is -4.11. The Morgan fingerprint density at radius 2 is 1.72 bits per heavy atom. The van der Waals surface area contributed by atoms with Crippen LogP contribution in [0.15, 0.2) is 71.8 Å². The second-order valence-corrected chi connectivity index (χ2v) is 8.16. The monoisotopic (exact) mass is 442 g/mol. The van der Waals surface area contributed by atoms with Crippen LogP contribution in [0.5, 0.6) is 0 Å². The van der Waals surface area contributed by atoms with Gasteiger partial charge in [-0.3, -0.25) is 14.3 Å². The van der Waals surface area contributed by atoms with Gasteiger partial charge < -0.3 is 5.32 Å². The van der Waals surface area contributed by atoms with Gasteiger partial charge in [0.2, 0.25) is 0 Å². The van der Waals surface area contributed by atoms with Crippen LogP contribution in [0, 0.1) is 6.92 Å². The fourth-order valence-electron chi connectivity index (χ4n) is 3.52. The maximum atomic E-state index is 13.2. The Labute approximate surface area is 186 Å². The first-order chi connectivity index (χ1) is 15.5. The minimum Gasteiger partial charge on any atom is -0.314 e. The summed E-state index contributed by atoms with van der Waals surface area (Å²) in [4.78, 5) is 39.5. The van der Waals surface area contributed by atoms with Gasteiger partial charge in [-0.1, -0.05) is 30.3 Å². The van der Waals surface area contributed by atoms with E-state index in [-0.39, 0.29) is 16.9 Å². The Balaban J connectivity index is 1.54. The lowest BCUT2D eigenvalue weighted by atomic mass is 10.2. The van der Waals surface area contributed by atoms with Crippen molar-refractivity contribution < 1.29 is 4.79 Å². The summed E-state index contributed by atoms with van der Waals surface area (Å²) >= 11 is 1.43. The summed E-state index contributed by atoms with van der Waals surface area (Å²) in [6.07, 6.45) is 2.97. The van der Waals surface area contributed by atoms with Crippen molar-refractivity contribution in [3.05, 3.63) is 88.7 Å². The van der Waals surface area contributed by atoms with E-state index in [0.29, 0.717) is 22.1 Å². The summed E-state index contributed by atoms with van der Waals surface area (Å²) in [5, 5.41) is 3.34. The van der Waals surface area contributed by atoms with Gasteiger partial charge in [-0.2, -0.15) is 0 Å². The van der Waals surface area contributed by atoms with Crippen molar-refractivity contribution in [2.45, 2.75) is 6.92 Å². The molecule has 3 heterocycles. The average Bonchev–Trinajstić information content (AvgIpc) is 3.34. The highest BCUT2D eigenvalue weighted by atomic mass is 32.1. The van der Waals surface area contributed by atoms with Gasteiger partial charge in [-0.05, 0) is 31.2 Å². The lowest BCUT2D eigenvalue weighted by molar-refractivity contribution is 0.102. The van der Waals surface area contributed by atoms with Crippen molar-refractivity contribution in [3.63, 3.8) is 0 Å². The molecule has 0 bridgehead atoms. The van der Waals surface area contributed by atoms with Crippen molar-refractivity contribution in [2.24, 2.45) is 7.05 Å². The molecule has 2 aromatic carbocycles. The van der Waals surface area contributed by atoms with E-state index in [1.807, 2.05) is 54.6 Å². The summed E-state index contributed by atoms with van der Waals surface area (Å²) in [5.41, 5.74) is 2.52. The molecule has 0 aliphatic rings. The number of hydrogen-bond acceptors (Lipinski definition) is 6. The first kappa shape index (κ1) is 19.8. The Kier molecular flexibility index (Phi) is 4.87. The number of rotatable bonds is 4. The summed E-state index contributed by atoms with van der Waals surface area (Å²) in [5.74, 6) is -0.515. The Morgan fingerprint density at radius 3 is 2.50 bits per heavy atom. The van der Waals surface area contributed by atoms with Crippen LogP contribution in [0.2, 0.25) is 0 Å². The maximum Gasteiger partial charge on any atom is 0.295 e. The zero-order chi connectivity index (χ0) is 22.2. The minimum atomic E-state index is -0.515. The molecule has 1 amide bonds. The summed E-state index contributed by atoms with van der Waals surface area (Å²) in [6.45, 7) is 1.78. The Bertz CT molecular complexity index is 1480. The number of benzene rings is 2. The van der Waals surface area contributed by atoms with Gasteiger partial charge >= 0.3 is 0 Å². The highest BCUT2D eigenvalue weighted by Crippen LogP contribution is 2.30. The molecule has 32 heavy (non-hydrogen) atoms. The second kappa shape index (κ2) is 7.86. The molecule has 0 aliphatic carbocycles. The molecule has 0 saturated heterocycles. The van der Waals surface area contributed by atoms with Crippen LogP contribution in [-0.2, 0) is 7.05 Å². The predicted molar refractivity (Wildman–Crippen MR) is 124 cm³/mol. The minimum absolute atomic E-state index is 0.112. The van der Waals surface area contributed by atoms with Gasteiger partial charge in [0.25, 0.3) is 11.5 Å². The largest absolute Gasteiger partial charge is 0.314 e. The zero-order valence-electron chi connectivity index (χ0n) is 17.3. The van der Waals surface area contributed by atoms with Gasteiger partial charge in [-0.25, -0.2) is 19.6 Å². The van der Waals surface area contributed by atoms with Crippen molar-refractivity contribution >= 4 is 33.1 Å². The van der Waals surface area contributed by atoms with E-state index in [4.69, 9.17) is 0 Å². The van der Waals surface area contributed by atoms with Gasteiger partial charge in [0.05, 0.1) is 21.6 Å². The molecule has 5 rings (SSSR count). The van der Waals surface area contributed by atoms with Crippen molar-refractivity contribution in [1.29, 1.82) is 0 Å². The average molecular weight is 443 g/mol. The number of fused-ring (bicyclic) bond motifs is 1. The van der Waals surface area contributed by atoms with Crippen molar-refractivity contribution in [2.75, 3.05) is 5.32 Å². The van der Waals surface area contributed by atoms with Gasteiger partial charge in [0.15, 0.2) is 5.69 Å². The van der Waals surface area contributed by atoms with Crippen LogP contribution in [0.25, 0.3) is 26.6 Å².